The molecule has 0 saturated heterocycles. The molecule has 0 heterocycles. The van der Waals surface area contributed by atoms with E-state index in [0.29, 0.717) is 5.76 Å². The summed E-state index contributed by atoms with van der Waals surface area (Å²) < 4.78 is 0. The smallest absolute Gasteiger partial charge is 0.114 e. The Morgan fingerprint density at radius 3 is 2.33 bits per heavy atom. The highest BCUT2D eigenvalue weighted by Crippen LogP contribution is 2.18. The zero-order chi connectivity index (χ0) is 16.7. The van der Waals surface area contributed by atoms with Crippen molar-refractivity contribution in [1.82, 2.24) is 5.32 Å². The van der Waals surface area contributed by atoms with Crippen LogP contribution in [0.5, 0.6) is 0 Å². The number of aliphatic hydroxyl groups is 1. The second-order valence-corrected chi connectivity index (χ2v) is 5.66. The van der Waals surface area contributed by atoms with E-state index in [0.717, 1.165) is 30.5 Å². The Morgan fingerprint density at radius 2 is 1.90 bits per heavy atom. The lowest BCUT2D eigenvalue weighted by molar-refractivity contribution is 0.421. The van der Waals surface area contributed by atoms with E-state index in [1.54, 1.807) is 17.8 Å². The first-order valence-corrected chi connectivity index (χ1v) is 8.08. The van der Waals surface area contributed by atoms with E-state index in [1.165, 1.54) is 4.91 Å². The highest BCUT2D eigenvalue weighted by atomic mass is 32.2. The average Bonchev–Trinajstić information content (AvgIpc) is 2.47. The van der Waals surface area contributed by atoms with Crippen molar-refractivity contribution in [2.24, 2.45) is 0 Å². The minimum atomic E-state index is 0.362. The van der Waals surface area contributed by atoms with Gasteiger partial charge in [-0.2, -0.15) is 0 Å². The first-order chi connectivity index (χ1) is 9.94. The third-order valence-corrected chi connectivity index (χ3v) is 3.50. The minimum Gasteiger partial charge on any atom is -0.508 e. The van der Waals surface area contributed by atoms with E-state index in [2.05, 4.69) is 18.5 Å². The normalized spacial score (nSPS) is 12.5. The molecule has 0 aromatic rings. The van der Waals surface area contributed by atoms with Crippen LogP contribution in [0.3, 0.4) is 0 Å². The van der Waals surface area contributed by atoms with Crippen molar-refractivity contribution in [3.8, 4) is 0 Å². The quantitative estimate of drug-likeness (QED) is 0.341. The van der Waals surface area contributed by atoms with Crippen LogP contribution in [-0.4, -0.2) is 18.7 Å². The van der Waals surface area contributed by atoms with Crippen LogP contribution < -0.4 is 5.32 Å². The third kappa shape index (κ3) is 13.5. The number of nitrogens with one attached hydrogen (secondary N) is 1. The van der Waals surface area contributed by atoms with Crippen molar-refractivity contribution < 1.29 is 5.11 Å². The molecule has 0 aliphatic heterocycles. The van der Waals surface area contributed by atoms with Gasteiger partial charge in [0.1, 0.15) is 5.76 Å². The van der Waals surface area contributed by atoms with Crippen LogP contribution in [-0.2, 0) is 0 Å². The number of aliphatic hydroxyl groups excluding tert-OH is 1. The van der Waals surface area contributed by atoms with Gasteiger partial charge >= 0.3 is 0 Å². The van der Waals surface area contributed by atoms with Gasteiger partial charge < -0.3 is 10.4 Å². The van der Waals surface area contributed by atoms with Gasteiger partial charge in [0.05, 0.1) is 0 Å². The Balaban J connectivity index is 0. The fraction of sp³-hybridized carbons (Fsp3) is 0.444. The van der Waals surface area contributed by atoms with Crippen molar-refractivity contribution in [1.29, 1.82) is 0 Å². The van der Waals surface area contributed by atoms with E-state index in [4.69, 9.17) is 0 Å². The molecule has 21 heavy (non-hydrogen) atoms. The summed E-state index contributed by atoms with van der Waals surface area (Å²) in [6, 6.07) is 0. The van der Waals surface area contributed by atoms with Crippen molar-refractivity contribution >= 4 is 11.8 Å². The Bertz CT molecular complexity index is 392. The fourth-order valence-electron chi connectivity index (χ4n) is 1.43. The van der Waals surface area contributed by atoms with E-state index in [-0.39, 0.29) is 0 Å². The SMILES string of the molecule is C=CSC(=C)CCCNC.C\C=C/C(C)=C(C)/C(O)=C\C. The molecule has 0 amide bonds. The summed E-state index contributed by atoms with van der Waals surface area (Å²) in [6.45, 7) is 16.2. The minimum absolute atomic E-state index is 0.362. The van der Waals surface area contributed by atoms with E-state index < -0.39 is 0 Å². The molecule has 0 rings (SSSR count). The standard InChI is InChI=1S/C10H16O.C8H15NS/c1-5-7-8(3)9(4)10(11)6-2;1-4-10-8(2)6-5-7-9-3/h5-7,11H,1-4H3;4,9H,1-2,5-7H2,3H3/b7-5-,9-8+,10-6+;. The molecule has 3 heteroatoms. The Labute approximate surface area is 135 Å². The lowest BCUT2D eigenvalue weighted by atomic mass is 10.1. The van der Waals surface area contributed by atoms with E-state index in [9.17, 15) is 5.11 Å². The van der Waals surface area contributed by atoms with Crippen molar-refractivity contribution in [3.63, 3.8) is 0 Å². The number of rotatable bonds is 8. The molecule has 2 nitrogen and oxygen atoms in total. The van der Waals surface area contributed by atoms with Gasteiger partial charge in [0.2, 0.25) is 0 Å². The van der Waals surface area contributed by atoms with Crippen LogP contribution in [0.1, 0.15) is 40.5 Å². The predicted octanol–water partition coefficient (Wildman–Crippen LogP) is 5.74. The highest BCUT2D eigenvalue weighted by molar-refractivity contribution is 8.05. The van der Waals surface area contributed by atoms with Crippen LogP contribution >= 0.6 is 11.8 Å². The van der Waals surface area contributed by atoms with Crippen LogP contribution in [0.2, 0.25) is 0 Å². The fourth-order valence-corrected chi connectivity index (χ4v) is 1.93. The van der Waals surface area contributed by atoms with Gasteiger partial charge in [-0.1, -0.05) is 25.3 Å². The van der Waals surface area contributed by atoms with E-state index in [1.807, 2.05) is 52.3 Å². The topological polar surface area (TPSA) is 32.3 Å². The Hall–Kier alpha value is -1.19. The molecular formula is C18H31NOS. The number of thioether (sulfide) groups is 1. The van der Waals surface area contributed by atoms with Gasteiger partial charge in [-0.3, -0.25) is 0 Å². The maximum absolute atomic E-state index is 9.29. The molecule has 120 valence electrons. The molecule has 0 bridgehead atoms. The Morgan fingerprint density at radius 1 is 1.29 bits per heavy atom. The average molecular weight is 310 g/mol. The van der Waals surface area contributed by atoms with Crippen LogP contribution in [0.25, 0.3) is 0 Å². The largest absolute Gasteiger partial charge is 0.508 e. The maximum Gasteiger partial charge on any atom is 0.114 e. The molecule has 0 fully saturated rings. The molecule has 0 saturated carbocycles. The lowest BCUT2D eigenvalue weighted by Crippen LogP contribution is -2.06. The summed E-state index contributed by atoms with van der Waals surface area (Å²) in [5.41, 5.74) is 2.04. The first kappa shape index (κ1) is 22.1. The number of allylic oxidation sites excluding steroid dienone is 6. The predicted molar refractivity (Wildman–Crippen MR) is 99.7 cm³/mol. The zero-order valence-corrected chi connectivity index (χ0v) is 15.0. The monoisotopic (exact) mass is 309 g/mol. The number of hydrogen-bond donors (Lipinski definition) is 2. The molecule has 2 N–H and O–H groups in total. The Kier molecular flexibility index (Phi) is 16.0. The van der Waals surface area contributed by atoms with Gasteiger partial charge in [0, 0.05) is 0 Å². The van der Waals surface area contributed by atoms with Crippen LogP contribution in [0, 0.1) is 0 Å². The summed E-state index contributed by atoms with van der Waals surface area (Å²) in [5, 5.41) is 14.2. The molecular weight excluding hydrogens is 278 g/mol. The van der Waals surface area contributed by atoms with Gasteiger partial charge in [-0.05, 0) is 81.7 Å². The second kappa shape index (κ2) is 15.2. The zero-order valence-electron chi connectivity index (χ0n) is 14.2. The first-order valence-electron chi connectivity index (χ1n) is 7.20. The third-order valence-electron chi connectivity index (χ3n) is 2.80. The second-order valence-electron chi connectivity index (χ2n) is 4.51. The molecule has 0 aliphatic carbocycles. The summed E-state index contributed by atoms with van der Waals surface area (Å²) >= 11 is 1.62. The van der Waals surface area contributed by atoms with Gasteiger partial charge in [-0.25, -0.2) is 0 Å². The lowest BCUT2D eigenvalue weighted by Gasteiger charge is -2.01. The molecule has 0 aliphatic rings. The molecule has 0 atom stereocenters. The van der Waals surface area contributed by atoms with E-state index >= 15 is 0 Å². The molecule has 0 aromatic heterocycles. The van der Waals surface area contributed by atoms with Gasteiger partial charge in [-0.15, -0.1) is 11.8 Å². The molecule has 0 radical (unpaired) electrons. The summed E-state index contributed by atoms with van der Waals surface area (Å²) in [5.74, 6) is 0.362. The number of hydrogen-bond acceptors (Lipinski definition) is 3. The summed E-state index contributed by atoms with van der Waals surface area (Å²) in [7, 11) is 1.96. The molecule has 0 aromatic carbocycles. The van der Waals surface area contributed by atoms with Crippen molar-refractivity contribution in [2.45, 2.75) is 40.5 Å². The van der Waals surface area contributed by atoms with Crippen molar-refractivity contribution in [3.05, 3.63) is 58.6 Å². The van der Waals surface area contributed by atoms with Crippen LogP contribution in [0.4, 0.5) is 0 Å². The van der Waals surface area contributed by atoms with Crippen molar-refractivity contribution in [2.75, 3.05) is 13.6 Å². The van der Waals surface area contributed by atoms with Gasteiger partial charge in [0.15, 0.2) is 0 Å². The van der Waals surface area contributed by atoms with Gasteiger partial charge in [0.25, 0.3) is 0 Å². The molecule has 0 unspecified atom stereocenters. The maximum atomic E-state index is 9.29. The summed E-state index contributed by atoms with van der Waals surface area (Å²) in [4.78, 5) is 1.20. The highest BCUT2D eigenvalue weighted by Gasteiger charge is 1.96. The van der Waals surface area contributed by atoms with Crippen LogP contribution in [0.15, 0.2) is 58.6 Å². The molecule has 0 spiro atoms. The summed E-state index contributed by atoms with van der Waals surface area (Å²) in [6.07, 6.45) is 7.88.